The number of nitrogens with one attached hydrogen (secondary N) is 1. The average molecular weight is 241 g/mol. The Bertz CT molecular complexity index is 494. The van der Waals surface area contributed by atoms with Crippen LogP contribution in [0.25, 0.3) is 11.3 Å². The van der Waals surface area contributed by atoms with Crippen LogP contribution in [0.2, 0.25) is 0 Å². The SMILES string of the molecule is CCCc1c(NCC)ncnc1-c1ccccc1. The highest BCUT2D eigenvalue weighted by atomic mass is 15.0. The highest BCUT2D eigenvalue weighted by Gasteiger charge is 2.11. The lowest BCUT2D eigenvalue weighted by Gasteiger charge is -2.13. The van der Waals surface area contributed by atoms with Crippen LogP contribution in [-0.2, 0) is 6.42 Å². The summed E-state index contributed by atoms with van der Waals surface area (Å²) in [6.07, 6.45) is 3.72. The quantitative estimate of drug-likeness (QED) is 0.870. The van der Waals surface area contributed by atoms with Crippen molar-refractivity contribution in [2.75, 3.05) is 11.9 Å². The molecule has 0 atom stereocenters. The monoisotopic (exact) mass is 241 g/mol. The van der Waals surface area contributed by atoms with Gasteiger partial charge in [0, 0.05) is 17.7 Å². The second-order valence-electron chi connectivity index (χ2n) is 4.20. The Labute approximate surface area is 108 Å². The zero-order valence-corrected chi connectivity index (χ0v) is 11.0. The molecule has 0 unspecified atom stereocenters. The second-order valence-corrected chi connectivity index (χ2v) is 4.20. The molecule has 0 aliphatic rings. The Morgan fingerprint density at radius 2 is 1.83 bits per heavy atom. The summed E-state index contributed by atoms with van der Waals surface area (Å²) in [5.41, 5.74) is 3.42. The number of rotatable bonds is 5. The number of benzene rings is 1. The minimum Gasteiger partial charge on any atom is -0.370 e. The third-order valence-electron chi connectivity index (χ3n) is 2.84. The van der Waals surface area contributed by atoms with Crippen LogP contribution < -0.4 is 5.32 Å². The molecule has 0 amide bonds. The lowest BCUT2D eigenvalue weighted by atomic mass is 10.0. The van der Waals surface area contributed by atoms with E-state index in [0.717, 1.165) is 36.5 Å². The summed E-state index contributed by atoms with van der Waals surface area (Å²) >= 11 is 0. The molecular weight excluding hydrogens is 222 g/mol. The maximum atomic E-state index is 4.46. The highest BCUT2D eigenvalue weighted by molar-refractivity contribution is 5.68. The Kier molecular flexibility index (Phi) is 4.29. The molecule has 0 aliphatic carbocycles. The Balaban J connectivity index is 2.49. The summed E-state index contributed by atoms with van der Waals surface area (Å²) in [5, 5.41) is 3.32. The smallest absolute Gasteiger partial charge is 0.133 e. The third-order valence-corrected chi connectivity index (χ3v) is 2.84. The van der Waals surface area contributed by atoms with Crippen molar-refractivity contribution in [3.8, 4) is 11.3 Å². The zero-order valence-electron chi connectivity index (χ0n) is 11.0. The van der Waals surface area contributed by atoms with E-state index in [1.54, 1.807) is 6.33 Å². The van der Waals surface area contributed by atoms with Gasteiger partial charge in [0.2, 0.25) is 0 Å². The maximum Gasteiger partial charge on any atom is 0.133 e. The summed E-state index contributed by atoms with van der Waals surface area (Å²) in [4.78, 5) is 8.81. The summed E-state index contributed by atoms with van der Waals surface area (Å²) in [5.74, 6) is 0.966. The van der Waals surface area contributed by atoms with E-state index < -0.39 is 0 Å². The van der Waals surface area contributed by atoms with Crippen molar-refractivity contribution < 1.29 is 0 Å². The molecule has 0 aliphatic heterocycles. The van der Waals surface area contributed by atoms with Gasteiger partial charge < -0.3 is 5.32 Å². The van der Waals surface area contributed by atoms with Gasteiger partial charge >= 0.3 is 0 Å². The average Bonchev–Trinajstić information content (AvgIpc) is 2.42. The molecule has 18 heavy (non-hydrogen) atoms. The van der Waals surface area contributed by atoms with Gasteiger partial charge in [-0.3, -0.25) is 0 Å². The third kappa shape index (κ3) is 2.67. The van der Waals surface area contributed by atoms with Crippen molar-refractivity contribution in [3.05, 3.63) is 42.2 Å². The molecule has 0 spiro atoms. The predicted octanol–water partition coefficient (Wildman–Crippen LogP) is 3.53. The molecule has 0 radical (unpaired) electrons. The first-order chi connectivity index (χ1) is 8.86. The van der Waals surface area contributed by atoms with E-state index in [-0.39, 0.29) is 0 Å². The molecule has 1 aromatic heterocycles. The fourth-order valence-corrected chi connectivity index (χ4v) is 2.06. The van der Waals surface area contributed by atoms with Crippen LogP contribution in [0.15, 0.2) is 36.7 Å². The Morgan fingerprint density at radius 3 is 2.50 bits per heavy atom. The van der Waals surface area contributed by atoms with Crippen LogP contribution in [-0.4, -0.2) is 16.5 Å². The van der Waals surface area contributed by atoms with Gasteiger partial charge in [0.25, 0.3) is 0 Å². The molecule has 2 aromatic rings. The summed E-state index contributed by atoms with van der Waals surface area (Å²) in [7, 11) is 0. The molecule has 1 N–H and O–H groups in total. The van der Waals surface area contributed by atoms with Crippen molar-refractivity contribution in [1.82, 2.24) is 9.97 Å². The van der Waals surface area contributed by atoms with Crippen LogP contribution in [0.4, 0.5) is 5.82 Å². The van der Waals surface area contributed by atoms with Gasteiger partial charge in [-0.2, -0.15) is 0 Å². The number of hydrogen-bond donors (Lipinski definition) is 1. The second kappa shape index (κ2) is 6.15. The topological polar surface area (TPSA) is 37.8 Å². The molecule has 1 heterocycles. The lowest BCUT2D eigenvalue weighted by Crippen LogP contribution is -2.06. The van der Waals surface area contributed by atoms with E-state index in [1.807, 2.05) is 18.2 Å². The molecule has 3 nitrogen and oxygen atoms in total. The first-order valence-electron chi connectivity index (χ1n) is 6.50. The molecule has 94 valence electrons. The molecule has 0 bridgehead atoms. The lowest BCUT2D eigenvalue weighted by molar-refractivity contribution is 0.902. The number of aromatic nitrogens is 2. The van der Waals surface area contributed by atoms with Crippen molar-refractivity contribution in [2.24, 2.45) is 0 Å². The predicted molar refractivity (Wildman–Crippen MR) is 75.6 cm³/mol. The van der Waals surface area contributed by atoms with Crippen molar-refractivity contribution in [2.45, 2.75) is 26.7 Å². The molecule has 2 rings (SSSR count). The van der Waals surface area contributed by atoms with Gasteiger partial charge in [0.15, 0.2) is 0 Å². The van der Waals surface area contributed by atoms with Crippen LogP contribution in [0.3, 0.4) is 0 Å². The van der Waals surface area contributed by atoms with Gasteiger partial charge in [0.1, 0.15) is 12.1 Å². The van der Waals surface area contributed by atoms with E-state index in [2.05, 4.69) is 41.3 Å². The molecule has 3 heteroatoms. The van der Waals surface area contributed by atoms with E-state index in [9.17, 15) is 0 Å². The number of anilines is 1. The molecular formula is C15H19N3. The fraction of sp³-hybridized carbons (Fsp3) is 0.333. The van der Waals surface area contributed by atoms with E-state index in [0.29, 0.717) is 0 Å². The van der Waals surface area contributed by atoms with Gasteiger partial charge in [0.05, 0.1) is 5.69 Å². The van der Waals surface area contributed by atoms with E-state index in [4.69, 9.17) is 0 Å². The summed E-state index contributed by atoms with van der Waals surface area (Å²) in [6, 6.07) is 10.3. The van der Waals surface area contributed by atoms with Crippen LogP contribution in [0, 0.1) is 0 Å². The number of hydrogen-bond acceptors (Lipinski definition) is 3. The van der Waals surface area contributed by atoms with Gasteiger partial charge in [-0.05, 0) is 13.3 Å². The molecule has 0 fully saturated rings. The molecule has 0 saturated carbocycles. The van der Waals surface area contributed by atoms with Crippen LogP contribution in [0.1, 0.15) is 25.8 Å². The Hall–Kier alpha value is -1.90. The fourth-order valence-electron chi connectivity index (χ4n) is 2.06. The summed E-state index contributed by atoms with van der Waals surface area (Å²) in [6.45, 7) is 5.14. The minimum atomic E-state index is 0.877. The van der Waals surface area contributed by atoms with Crippen molar-refractivity contribution >= 4 is 5.82 Å². The normalized spacial score (nSPS) is 10.3. The largest absolute Gasteiger partial charge is 0.370 e. The maximum absolute atomic E-state index is 4.46. The first-order valence-corrected chi connectivity index (χ1v) is 6.50. The number of nitrogens with zero attached hydrogens (tertiary/aromatic N) is 2. The van der Waals surface area contributed by atoms with Gasteiger partial charge in [-0.25, -0.2) is 9.97 Å². The van der Waals surface area contributed by atoms with E-state index in [1.165, 1.54) is 5.56 Å². The molecule has 0 saturated heterocycles. The standard InChI is InChI=1S/C15H19N3/c1-3-8-13-14(12-9-6-5-7-10-12)17-11-18-15(13)16-4-2/h5-7,9-11H,3-4,8H2,1-2H3,(H,16,17,18). The zero-order chi connectivity index (χ0) is 12.8. The molecule has 1 aromatic carbocycles. The van der Waals surface area contributed by atoms with Crippen LogP contribution >= 0.6 is 0 Å². The van der Waals surface area contributed by atoms with Crippen molar-refractivity contribution in [1.29, 1.82) is 0 Å². The minimum absolute atomic E-state index is 0.877. The summed E-state index contributed by atoms with van der Waals surface area (Å²) < 4.78 is 0. The highest BCUT2D eigenvalue weighted by Crippen LogP contribution is 2.26. The first kappa shape index (κ1) is 12.6. The Morgan fingerprint density at radius 1 is 1.06 bits per heavy atom. The van der Waals surface area contributed by atoms with E-state index >= 15 is 0 Å². The van der Waals surface area contributed by atoms with Crippen molar-refractivity contribution in [3.63, 3.8) is 0 Å². The van der Waals surface area contributed by atoms with Gasteiger partial charge in [-0.15, -0.1) is 0 Å². The van der Waals surface area contributed by atoms with Gasteiger partial charge in [-0.1, -0.05) is 43.7 Å². The van der Waals surface area contributed by atoms with Crippen LogP contribution in [0.5, 0.6) is 0 Å².